The summed E-state index contributed by atoms with van der Waals surface area (Å²) in [6, 6.07) is 25.6. The fourth-order valence-electron chi connectivity index (χ4n) is 3.91. The number of methoxy groups -OCH3 is 1. The van der Waals surface area contributed by atoms with Crippen LogP contribution in [0.1, 0.15) is 37.4 Å². The second-order valence-corrected chi connectivity index (χ2v) is 8.60. The topological polar surface area (TPSA) is 87.7 Å². The van der Waals surface area contributed by atoms with Crippen molar-refractivity contribution < 1.29 is 19.4 Å². The number of carbonyl (C=O) groups excluding carboxylic acids is 2. The molecule has 0 fully saturated rings. The number of nitrogens with one attached hydrogen (secondary N) is 2. The Hall–Kier alpha value is -4.58. The van der Waals surface area contributed by atoms with Crippen molar-refractivity contribution in [1.29, 1.82) is 0 Å². The van der Waals surface area contributed by atoms with Crippen LogP contribution in [0, 0.1) is 13.8 Å². The first kappa shape index (κ1) is 24.5. The maximum absolute atomic E-state index is 13.1. The Balaban J connectivity index is 1.48. The lowest BCUT2D eigenvalue weighted by molar-refractivity contribution is 0.0950. The highest BCUT2D eigenvalue weighted by Gasteiger charge is 2.15. The number of carbonyl (C=O) groups is 2. The van der Waals surface area contributed by atoms with Gasteiger partial charge < -0.3 is 20.5 Å². The Morgan fingerprint density at radius 3 is 2.28 bits per heavy atom. The molecule has 2 amide bonds. The summed E-state index contributed by atoms with van der Waals surface area (Å²) in [4.78, 5) is 25.8. The number of rotatable bonds is 7. The molecule has 0 aliphatic rings. The first-order valence-electron chi connectivity index (χ1n) is 11.6. The highest BCUT2D eigenvalue weighted by atomic mass is 16.5. The Morgan fingerprint density at radius 1 is 0.833 bits per heavy atom. The number of ether oxygens (including phenoxy) is 1. The van der Waals surface area contributed by atoms with Gasteiger partial charge in [-0.2, -0.15) is 0 Å². The zero-order valence-electron chi connectivity index (χ0n) is 20.5. The molecule has 0 aliphatic heterocycles. The normalized spacial score (nSPS) is 10.5. The standard InChI is InChI=1S/C30H28N2O4/c1-19-8-11-21(12-9-19)24-6-4-5-7-25(24)30(35)31-18-23-14-13-22(17-28(23)36-3)29(34)32-26-15-10-20(2)16-27(26)33/h4-17,33H,18H2,1-3H3,(H,31,35)(H,32,34). The predicted molar refractivity (Wildman–Crippen MR) is 142 cm³/mol. The number of anilines is 1. The second kappa shape index (κ2) is 10.8. The monoisotopic (exact) mass is 480 g/mol. The number of benzene rings is 4. The van der Waals surface area contributed by atoms with Gasteiger partial charge in [-0.3, -0.25) is 9.59 Å². The summed E-state index contributed by atoms with van der Waals surface area (Å²) >= 11 is 0. The minimum Gasteiger partial charge on any atom is -0.506 e. The van der Waals surface area contributed by atoms with Gasteiger partial charge in [0, 0.05) is 23.2 Å². The zero-order valence-corrected chi connectivity index (χ0v) is 20.5. The van der Waals surface area contributed by atoms with Crippen molar-refractivity contribution in [3.05, 3.63) is 113 Å². The molecule has 6 nitrogen and oxygen atoms in total. The number of aryl methyl sites for hydroxylation is 2. The molecule has 36 heavy (non-hydrogen) atoms. The van der Waals surface area contributed by atoms with Crippen LogP contribution in [0.25, 0.3) is 11.1 Å². The Morgan fingerprint density at radius 2 is 1.56 bits per heavy atom. The average Bonchev–Trinajstić information content (AvgIpc) is 2.89. The van der Waals surface area contributed by atoms with E-state index < -0.39 is 0 Å². The Bertz CT molecular complexity index is 1410. The summed E-state index contributed by atoms with van der Waals surface area (Å²) < 4.78 is 5.49. The first-order chi connectivity index (χ1) is 17.4. The van der Waals surface area contributed by atoms with E-state index in [0.29, 0.717) is 22.6 Å². The van der Waals surface area contributed by atoms with Crippen molar-refractivity contribution in [2.45, 2.75) is 20.4 Å². The van der Waals surface area contributed by atoms with Gasteiger partial charge in [-0.25, -0.2) is 0 Å². The van der Waals surface area contributed by atoms with E-state index in [2.05, 4.69) is 10.6 Å². The number of hydrogen-bond donors (Lipinski definition) is 3. The van der Waals surface area contributed by atoms with E-state index in [1.165, 1.54) is 7.11 Å². The zero-order chi connectivity index (χ0) is 25.7. The molecule has 0 aromatic heterocycles. The van der Waals surface area contributed by atoms with Gasteiger partial charge in [0.05, 0.1) is 12.8 Å². The van der Waals surface area contributed by atoms with Crippen molar-refractivity contribution in [2.75, 3.05) is 12.4 Å². The van der Waals surface area contributed by atoms with E-state index in [4.69, 9.17) is 4.74 Å². The molecule has 0 saturated heterocycles. The highest BCUT2D eigenvalue weighted by molar-refractivity contribution is 6.05. The number of hydrogen-bond acceptors (Lipinski definition) is 4. The van der Waals surface area contributed by atoms with Gasteiger partial charge in [0.1, 0.15) is 11.5 Å². The summed E-state index contributed by atoms with van der Waals surface area (Å²) in [5, 5.41) is 15.7. The quantitative estimate of drug-likeness (QED) is 0.289. The van der Waals surface area contributed by atoms with E-state index in [0.717, 1.165) is 27.8 Å². The molecule has 0 bridgehead atoms. The van der Waals surface area contributed by atoms with Gasteiger partial charge in [-0.1, -0.05) is 60.2 Å². The van der Waals surface area contributed by atoms with Crippen LogP contribution >= 0.6 is 0 Å². The van der Waals surface area contributed by atoms with Crippen LogP contribution in [-0.2, 0) is 6.54 Å². The third kappa shape index (κ3) is 5.55. The van der Waals surface area contributed by atoms with E-state index in [9.17, 15) is 14.7 Å². The molecule has 4 aromatic rings. The van der Waals surface area contributed by atoms with E-state index in [1.807, 2.05) is 56.3 Å². The molecule has 0 saturated carbocycles. The minimum atomic E-state index is -0.380. The predicted octanol–water partition coefficient (Wildman–Crippen LogP) is 5.87. The van der Waals surface area contributed by atoms with Crippen LogP contribution in [0.2, 0.25) is 0 Å². The highest BCUT2D eigenvalue weighted by Crippen LogP contribution is 2.27. The lowest BCUT2D eigenvalue weighted by Gasteiger charge is -2.14. The van der Waals surface area contributed by atoms with Gasteiger partial charge >= 0.3 is 0 Å². The first-order valence-corrected chi connectivity index (χ1v) is 11.6. The van der Waals surface area contributed by atoms with Crippen molar-refractivity contribution >= 4 is 17.5 Å². The number of phenolic OH excluding ortho intramolecular Hbond substituents is 1. The maximum atomic E-state index is 13.1. The largest absolute Gasteiger partial charge is 0.506 e. The molecule has 0 heterocycles. The molecular weight excluding hydrogens is 452 g/mol. The molecule has 0 radical (unpaired) electrons. The number of amides is 2. The lowest BCUT2D eigenvalue weighted by Crippen LogP contribution is -2.24. The van der Waals surface area contributed by atoms with Crippen molar-refractivity contribution in [3.8, 4) is 22.6 Å². The van der Waals surface area contributed by atoms with Gasteiger partial charge in [-0.15, -0.1) is 0 Å². The van der Waals surface area contributed by atoms with E-state index in [1.54, 1.807) is 42.5 Å². The SMILES string of the molecule is COc1cc(C(=O)Nc2ccc(C)cc2O)ccc1CNC(=O)c1ccccc1-c1ccc(C)cc1. The average molecular weight is 481 g/mol. The number of phenols is 1. The Kier molecular flexibility index (Phi) is 7.35. The van der Waals surface area contributed by atoms with Crippen molar-refractivity contribution in [3.63, 3.8) is 0 Å². The van der Waals surface area contributed by atoms with Crippen LogP contribution in [0.5, 0.6) is 11.5 Å². The van der Waals surface area contributed by atoms with E-state index in [-0.39, 0.29) is 24.1 Å². The molecule has 6 heteroatoms. The van der Waals surface area contributed by atoms with Gasteiger partial charge in [0.25, 0.3) is 11.8 Å². The Labute approximate surface area is 210 Å². The number of aromatic hydroxyl groups is 1. The lowest BCUT2D eigenvalue weighted by atomic mass is 9.98. The molecule has 0 atom stereocenters. The summed E-state index contributed by atoms with van der Waals surface area (Å²) in [6.45, 7) is 4.11. The van der Waals surface area contributed by atoms with Crippen LogP contribution in [-0.4, -0.2) is 24.0 Å². The summed E-state index contributed by atoms with van der Waals surface area (Å²) in [5.41, 5.74) is 5.87. The maximum Gasteiger partial charge on any atom is 0.255 e. The molecule has 0 spiro atoms. The summed E-state index contributed by atoms with van der Waals surface area (Å²) in [7, 11) is 1.51. The van der Waals surface area contributed by atoms with Crippen LogP contribution in [0.4, 0.5) is 5.69 Å². The third-order valence-electron chi connectivity index (χ3n) is 5.92. The smallest absolute Gasteiger partial charge is 0.255 e. The molecule has 4 rings (SSSR count). The molecule has 0 unspecified atom stereocenters. The third-order valence-corrected chi connectivity index (χ3v) is 5.92. The molecule has 182 valence electrons. The van der Waals surface area contributed by atoms with E-state index >= 15 is 0 Å². The summed E-state index contributed by atoms with van der Waals surface area (Å²) in [6.07, 6.45) is 0. The fourth-order valence-corrected chi connectivity index (χ4v) is 3.91. The molecule has 4 aromatic carbocycles. The van der Waals surface area contributed by atoms with Gasteiger partial charge in [0.15, 0.2) is 0 Å². The van der Waals surface area contributed by atoms with Gasteiger partial charge in [0.2, 0.25) is 0 Å². The van der Waals surface area contributed by atoms with Crippen molar-refractivity contribution in [2.24, 2.45) is 0 Å². The molecule has 3 N–H and O–H groups in total. The van der Waals surface area contributed by atoms with Crippen molar-refractivity contribution in [1.82, 2.24) is 5.32 Å². The minimum absolute atomic E-state index is 0.000524. The molecule has 0 aliphatic carbocycles. The van der Waals surface area contributed by atoms with Crippen LogP contribution in [0.3, 0.4) is 0 Å². The van der Waals surface area contributed by atoms with Crippen LogP contribution in [0.15, 0.2) is 84.9 Å². The fraction of sp³-hybridized carbons (Fsp3) is 0.133. The molecular formula is C30H28N2O4. The second-order valence-electron chi connectivity index (χ2n) is 8.60. The van der Waals surface area contributed by atoms with Crippen LogP contribution < -0.4 is 15.4 Å². The van der Waals surface area contributed by atoms with Gasteiger partial charge in [-0.05, 0) is 60.9 Å². The summed E-state index contributed by atoms with van der Waals surface area (Å²) in [5.74, 6) is -0.108.